The Hall–Kier alpha value is -1.94. The lowest BCUT2D eigenvalue weighted by atomic mass is 9.98. The summed E-state index contributed by atoms with van der Waals surface area (Å²) in [6.07, 6.45) is 3.85. The van der Waals surface area contributed by atoms with Crippen molar-refractivity contribution in [3.63, 3.8) is 0 Å². The summed E-state index contributed by atoms with van der Waals surface area (Å²) >= 11 is 0. The Kier molecular flexibility index (Phi) is 4.23. The van der Waals surface area contributed by atoms with Crippen molar-refractivity contribution in [1.82, 2.24) is 0 Å². The first-order valence-corrected chi connectivity index (χ1v) is 8.59. The molecule has 1 aliphatic heterocycles. The molecule has 0 aromatic heterocycles. The lowest BCUT2D eigenvalue weighted by Crippen LogP contribution is -2.43. The Bertz CT molecular complexity index is 690. The van der Waals surface area contributed by atoms with Gasteiger partial charge in [0.15, 0.2) is 0 Å². The maximum atomic E-state index is 5.97. The zero-order chi connectivity index (χ0) is 16.4. The van der Waals surface area contributed by atoms with E-state index in [9.17, 15) is 0 Å². The molecule has 0 radical (unpaired) electrons. The molecule has 0 N–H and O–H groups in total. The minimum absolute atomic E-state index is 0.251. The van der Waals surface area contributed by atoms with E-state index in [1.165, 1.54) is 11.1 Å². The van der Waals surface area contributed by atoms with E-state index in [-0.39, 0.29) is 6.10 Å². The van der Waals surface area contributed by atoms with Gasteiger partial charge >= 0.3 is 0 Å². The first-order valence-electron chi connectivity index (χ1n) is 8.59. The summed E-state index contributed by atoms with van der Waals surface area (Å²) in [5.74, 6) is -0.506. The van der Waals surface area contributed by atoms with Crippen LogP contribution in [-0.4, -0.2) is 18.5 Å². The van der Waals surface area contributed by atoms with Gasteiger partial charge < -0.3 is 4.74 Å². The third kappa shape index (κ3) is 3.03. The SMILES string of the molecule is C=C(c1ccc(-c2ccccc2)cc1)C1COC2(CCCC2)OO1. The van der Waals surface area contributed by atoms with E-state index >= 15 is 0 Å². The van der Waals surface area contributed by atoms with Gasteiger partial charge in [-0.05, 0) is 35.1 Å². The first-order chi connectivity index (χ1) is 11.8. The lowest BCUT2D eigenvalue weighted by Gasteiger charge is -2.36. The highest BCUT2D eigenvalue weighted by Gasteiger charge is 2.42. The topological polar surface area (TPSA) is 27.7 Å². The first kappa shape index (κ1) is 15.6. The molecule has 24 heavy (non-hydrogen) atoms. The Labute approximate surface area is 142 Å². The Balaban J connectivity index is 1.43. The van der Waals surface area contributed by atoms with Gasteiger partial charge in [-0.25, -0.2) is 9.78 Å². The lowest BCUT2D eigenvalue weighted by molar-refractivity contribution is -0.475. The van der Waals surface area contributed by atoms with Gasteiger partial charge in [-0.1, -0.05) is 61.2 Å². The van der Waals surface area contributed by atoms with Crippen LogP contribution in [0.1, 0.15) is 31.2 Å². The average molecular weight is 322 g/mol. The average Bonchev–Trinajstić information content (AvgIpc) is 3.11. The fraction of sp³-hybridized carbons (Fsp3) is 0.333. The van der Waals surface area contributed by atoms with Gasteiger partial charge in [0.1, 0.15) is 6.10 Å². The summed E-state index contributed by atoms with van der Waals surface area (Å²) in [4.78, 5) is 11.2. The van der Waals surface area contributed by atoms with Gasteiger partial charge in [0, 0.05) is 12.8 Å². The van der Waals surface area contributed by atoms with Crippen LogP contribution >= 0.6 is 0 Å². The molecule has 4 rings (SSSR count). The highest BCUT2D eigenvalue weighted by molar-refractivity contribution is 5.71. The zero-order valence-corrected chi connectivity index (χ0v) is 13.7. The van der Waals surface area contributed by atoms with Crippen LogP contribution < -0.4 is 0 Å². The molecule has 124 valence electrons. The number of hydrogen-bond acceptors (Lipinski definition) is 3. The monoisotopic (exact) mass is 322 g/mol. The van der Waals surface area contributed by atoms with E-state index in [4.69, 9.17) is 14.5 Å². The van der Waals surface area contributed by atoms with Crippen molar-refractivity contribution in [2.75, 3.05) is 6.61 Å². The molecule has 0 bridgehead atoms. The molecule has 3 heteroatoms. The fourth-order valence-electron chi connectivity index (χ4n) is 3.42. The van der Waals surface area contributed by atoms with Crippen LogP contribution in [0.5, 0.6) is 0 Å². The maximum absolute atomic E-state index is 5.97. The molecule has 2 aromatic carbocycles. The van der Waals surface area contributed by atoms with Gasteiger partial charge in [-0.15, -0.1) is 0 Å². The predicted molar refractivity (Wildman–Crippen MR) is 94.0 cm³/mol. The van der Waals surface area contributed by atoms with Crippen molar-refractivity contribution in [3.05, 3.63) is 66.7 Å². The van der Waals surface area contributed by atoms with Gasteiger partial charge in [0.2, 0.25) is 5.79 Å². The maximum Gasteiger partial charge on any atom is 0.201 e. The number of rotatable bonds is 3. The molecule has 1 heterocycles. The van der Waals surface area contributed by atoms with Crippen molar-refractivity contribution in [1.29, 1.82) is 0 Å². The van der Waals surface area contributed by atoms with Crippen LogP contribution in [0.3, 0.4) is 0 Å². The Morgan fingerprint density at radius 2 is 1.58 bits per heavy atom. The predicted octanol–water partition coefficient (Wildman–Crippen LogP) is 4.98. The summed E-state index contributed by atoms with van der Waals surface area (Å²) in [5, 5.41) is 0. The molecular formula is C21H22O3. The zero-order valence-electron chi connectivity index (χ0n) is 13.7. The molecule has 2 aliphatic rings. The number of ether oxygens (including phenoxy) is 1. The second-order valence-electron chi connectivity index (χ2n) is 6.57. The van der Waals surface area contributed by atoms with Crippen molar-refractivity contribution < 1.29 is 14.5 Å². The third-order valence-corrected chi connectivity index (χ3v) is 4.93. The summed E-state index contributed by atoms with van der Waals surface area (Å²) in [6, 6.07) is 18.7. The summed E-state index contributed by atoms with van der Waals surface area (Å²) in [7, 11) is 0. The molecule has 1 atom stereocenters. The van der Waals surface area contributed by atoms with Crippen LogP contribution in [0.15, 0.2) is 61.2 Å². The second-order valence-corrected chi connectivity index (χ2v) is 6.57. The molecule has 2 fully saturated rings. The molecule has 0 amide bonds. The Morgan fingerprint density at radius 1 is 0.917 bits per heavy atom. The number of hydrogen-bond donors (Lipinski definition) is 0. The standard InChI is InChI=1S/C21H22O3/c1-16(20-15-22-21(24-23-20)13-5-6-14-21)17-9-11-19(12-10-17)18-7-3-2-4-8-18/h2-4,7-12,20H,1,5-6,13-15H2. The Morgan fingerprint density at radius 3 is 2.21 bits per heavy atom. The van der Waals surface area contributed by atoms with Crippen LogP contribution in [0.4, 0.5) is 0 Å². The van der Waals surface area contributed by atoms with Crippen LogP contribution in [-0.2, 0) is 14.5 Å². The van der Waals surface area contributed by atoms with Crippen molar-refractivity contribution in [2.24, 2.45) is 0 Å². The molecule has 2 aromatic rings. The highest BCUT2D eigenvalue weighted by Crippen LogP contribution is 2.39. The van der Waals surface area contributed by atoms with Gasteiger partial charge in [0.25, 0.3) is 0 Å². The highest BCUT2D eigenvalue weighted by atomic mass is 17.2. The van der Waals surface area contributed by atoms with Crippen LogP contribution in [0.2, 0.25) is 0 Å². The van der Waals surface area contributed by atoms with Gasteiger partial charge in [-0.3, -0.25) is 0 Å². The van der Waals surface area contributed by atoms with E-state index in [1.54, 1.807) is 0 Å². The molecular weight excluding hydrogens is 300 g/mol. The van der Waals surface area contributed by atoms with Crippen molar-refractivity contribution in [3.8, 4) is 11.1 Å². The normalized spacial score (nSPS) is 22.6. The van der Waals surface area contributed by atoms with Crippen LogP contribution in [0, 0.1) is 0 Å². The van der Waals surface area contributed by atoms with Gasteiger partial charge in [-0.2, -0.15) is 0 Å². The summed E-state index contributed by atoms with van der Waals surface area (Å²) in [6.45, 7) is 4.68. The smallest absolute Gasteiger partial charge is 0.201 e. The number of benzene rings is 2. The third-order valence-electron chi connectivity index (χ3n) is 4.93. The van der Waals surface area contributed by atoms with E-state index < -0.39 is 5.79 Å². The molecule has 1 saturated carbocycles. The van der Waals surface area contributed by atoms with E-state index in [0.29, 0.717) is 6.61 Å². The molecule has 3 nitrogen and oxygen atoms in total. The second kappa shape index (κ2) is 6.52. The summed E-state index contributed by atoms with van der Waals surface area (Å²) < 4.78 is 5.97. The van der Waals surface area contributed by atoms with Crippen LogP contribution in [0.25, 0.3) is 16.7 Å². The molecule has 1 unspecified atom stereocenters. The fourth-order valence-corrected chi connectivity index (χ4v) is 3.42. The summed E-state index contributed by atoms with van der Waals surface area (Å²) in [5.41, 5.74) is 4.34. The molecule has 1 aliphatic carbocycles. The largest absolute Gasteiger partial charge is 0.344 e. The van der Waals surface area contributed by atoms with Gasteiger partial charge in [0.05, 0.1) is 6.61 Å². The minimum Gasteiger partial charge on any atom is -0.344 e. The van der Waals surface area contributed by atoms with Crippen molar-refractivity contribution in [2.45, 2.75) is 37.6 Å². The van der Waals surface area contributed by atoms with E-state index in [1.807, 2.05) is 18.2 Å². The van der Waals surface area contributed by atoms with E-state index in [2.05, 4.69) is 43.0 Å². The molecule has 1 saturated heterocycles. The van der Waals surface area contributed by atoms with Crippen molar-refractivity contribution >= 4 is 5.57 Å². The molecule has 1 spiro atoms. The minimum atomic E-state index is -0.506. The quantitative estimate of drug-likeness (QED) is 0.746. The van der Waals surface area contributed by atoms with E-state index in [0.717, 1.165) is 36.8 Å².